The number of hydrogen-bond donors (Lipinski definition) is 0. The van der Waals surface area contributed by atoms with Crippen molar-refractivity contribution < 1.29 is 28.6 Å². The molecule has 116 valence electrons. The molecule has 1 rings (SSSR count). The average Bonchev–Trinajstić information content (AvgIpc) is 2.45. The fourth-order valence-corrected chi connectivity index (χ4v) is 1.31. The smallest absolute Gasteiger partial charge is 0.338 e. The summed E-state index contributed by atoms with van der Waals surface area (Å²) >= 11 is 0. The molecule has 22 heavy (non-hydrogen) atoms. The summed E-state index contributed by atoms with van der Waals surface area (Å²) < 4.78 is 14.7. The molecule has 6 nitrogen and oxygen atoms in total. The first-order chi connectivity index (χ1) is 10.2. The summed E-state index contributed by atoms with van der Waals surface area (Å²) in [6.07, 6.45) is 0. The molecule has 0 heterocycles. The molecule has 0 aromatic heterocycles. The SMILES string of the molecule is C=C(C)C(=O)Oc1cc(OC(=O)C(=C)C)cc(C(=O)OC)c1. The zero-order chi connectivity index (χ0) is 16.9. The molecule has 0 fully saturated rings. The second-order valence-corrected chi connectivity index (χ2v) is 4.52. The summed E-state index contributed by atoms with van der Waals surface area (Å²) in [6, 6.07) is 3.89. The van der Waals surface area contributed by atoms with Crippen molar-refractivity contribution in [2.75, 3.05) is 7.11 Å². The Morgan fingerprint density at radius 3 is 1.59 bits per heavy atom. The highest BCUT2D eigenvalue weighted by atomic mass is 16.5. The van der Waals surface area contributed by atoms with E-state index in [2.05, 4.69) is 17.9 Å². The molecule has 0 unspecified atom stereocenters. The summed E-state index contributed by atoms with van der Waals surface area (Å²) in [5.41, 5.74) is 0.437. The van der Waals surface area contributed by atoms with Gasteiger partial charge in [-0.25, -0.2) is 14.4 Å². The van der Waals surface area contributed by atoms with Gasteiger partial charge in [-0.2, -0.15) is 0 Å². The van der Waals surface area contributed by atoms with Crippen LogP contribution < -0.4 is 9.47 Å². The Hall–Kier alpha value is -2.89. The molecule has 0 atom stereocenters. The molecule has 0 radical (unpaired) electrons. The van der Waals surface area contributed by atoms with Crippen LogP contribution in [0.1, 0.15) is 24.2 Å². The summed E-state index contributed by atoms with van der Waals surface area (Å²) in [4.78, 5) is 34.7. The van der Waals surface area contributed by atoms with Gasteiger partial charge in [-0.05, 0) is 26.0 Å². The molecule has 0 aliphatic heterocycles. The topological polar surface area (TPSA) is 78.9 Å². The van der Waals surface area contributed by atoms with Crippen molar-refractivity contribution in [1.29, 1.82) is 0 Å². The fraction of sp³-hybridized carbons (Fsp3) is 0.188. The van der Waals surface area contributed by atoms with Gasteiger partial charge in [0.05, 0.1) is 12.7 Å². The van der Waals surface area contributed by atoms with Gasteiger partial charge in [0.25, 0.3) is 0 Å². The lowest BCUT2D eigenvalue weighted by molar-refractivity contribution is -0.130. The van der Waals surface area contributed by atoms with Crippen LogP contribution in [-0.2, 0) is 14.3 Å². The standard InChI is InChI=1S/C16H16O6/c1-9(2)14(17)21-12-6-11(16(19)20-5)7-13(8-12)22-15(18)10(3)4/h6-8H,1,3H2,2,4-5H3. The lowest BCUT2D eigenvalue weighted by atomic mass is 10.2. The second kappa shape index (κ2) is 7.21. The average molecular weight is 304 g/mol. The molecule has 0 bridgehead atoms. The third-order valence-corrected chi connectivity index (χ3v) is 2.42. The fourth-order valence-electron chi connectivity index (χ4n) is 1.31. The molecule has 0 saturated carbocycles. The first-order valence-corrected chi connectivity index (χ1v) is 6.23. The van der Waals surface area contributed by atoms with Gasteiger partial charge in [0, 0.05) is 17.2 Å². The van der Waals surface area contributed by atoms with Crippen molar-refractivity contribution in [3.05, 3.63) is 48.1 Å². The maximum atomic E-state index is 11.6. The van der Waals surface area contributed by atoms with E-state index in [0.717, 1.165) is 0 Å². The van der Waals surface area contributed by atoms with E-state index in [9.17, 15) is 14.4 Å². The third-order valence-electron chi connectivity index (χ3n) is 2.42. The molecule has 1 aromatic carbocycles. The molecule has 0 saturated heterocycles. The van der Waals surface area contributed by atoms with Crippen molar-refractivity contribution in [3.63, 3.8) is 0 Å². The van der Waals surface area contributed by atoms with Gasteiger partial charge in [-0.1, -0.05) is 13.2 Å². The van der Waals surface area contributed by atoms with Crippen molar-refractivity contribution >= 4 is 17.9 Å². The normalized spacial score (nSPS) is 9.59. The maximum Gasteiger partial charge on any atom is 0.338 e. The van der Waals surface area contributed by atoms with Crippen LogP contribution in [0.25, 0.3) is 0 Å². The van der Waals surface area contributed by atoms with Crippen molar-refractivity contribution in [2.45, 2.75) is 13.8 Å². The van der Waals surface area contributed by atoms with Crippen LogP contribution in [-0.4, -0.2) is 25.0 Å². The first-order valence-electron chi connectivity index (χ1n) is 6.23. The first kappa shape index (κ1) is 17.2. The molecular weight excluding hydrogens is 288 g/mol. The van der Waals surface area contributed by atoms with E-state index in [0.29, 0.717) is 0 Å². The predicted octanol–water partition coefficient (Wildman–Crippen LogP) is 2.44. The van der Waals surface area contributed by atoms with Crippen molar-refractivity contribution in [2.24, 2.45) is 0 Å². The number of benzene rings is 1. The Balaban J connectivity index is 3.18. The zero-order valence-corrected chi connectivity index (χ0v) is 12.6. The van der Waals surface area contributed by atoms with Gasteiger partial charge in [-0.3, -0.25) is 0 Å². The number of rotatable bonds is 5. The summed E-state index contributed by atoms with van der Waals surface area (Å²) in [5, 5.41) is 0. The van der Waals surface area contributed by atoms with E-state index in [-0.39, 0.29) is 28.2 Å². The number of ether oxygens (including phenoxy) is 3. The number of esters is 3. The Bertz CT molecular complexity index is 610. The monoisotopic (exact) mass is 304 g/mol. The van der Waals surface area contributed by atoms with E-state index in [4.69, 9.17) is 9.47 Å². The van der Waals surface area contributed by atoms with Gasteiger partial charge in [0.2, 0.25) is 0 Å². The lowest BCUT2D eigenvalue weighted by Gasteiger charge is -2.10. The molecule has 6 heteroatoms. The highest BCUT2D eigenvalue weighted by Crippen LogP contribution is 2.25. The predicted molar refractivity (Wildman–Crippen MR) is 78.7 cm³/mol. The molecule has 0 aliphatic rings. The summed E-state index contributed by atoms with van der Waals surface area (Å²) in [7, 11) is 1.20. The van der Waals surface area contributed by atoms with Gasteiger partial charge < -0.3 is 14.2 Å². The molecule has 0 N–H and O–H groups in total. The summed E-state index contributed by atoms with van der Waals surface area (Å²) in [6.45, 7) is 9.87. The van der Waals surface area contributed by atoms with Crippen LogP contribution in [0.2, 0.25) is 0 Å². The van der Waals surface area contributed by atoms with Gasteiger partial charge in [-0.15, -0.1) is 0 Å². The number of methoxy groups -OCH3 is 1. The van der Waals surface area contributed by atoms with Crippen LogP contribution in [0.5, 0.6) is 11.5 Å². The quantitative estimate of drug-likeness (QED) is 0.472. The van der Waals surface area contributed by atoms with Crippen LogP contribution in [0.3, 0.4) is 0 Å². The Kier molecular flexibility index (Phi) is 5.63. The molecule has 0 spiro atoms. The minimum atomic E-state index is -0.667. The molecule has 0 aliphatic carbocycles. The maximum absolute atomic E-state index is 11.6. The molecular formula is C16H16O6. The number of carbonyl (C=O) groups excluding carboxylic acids is 3. The summed E-state index contributed by atoms with van der Waals surface area (Å²) in [5.74, 6) is -1.94. The zero-order valence-electron chi connectivity index (χ0n) is 12.6. The van der Waals surface area contributed by atoms with E-state index < -0.39 is 17.9 Å². The van der Waals surface area contributed by atoms with E-state index in [1.165, 1.54) is 39.2 Å². The lowest BCUT2D eigenvalue weighted by Crippen LogP contribution is -2.12. The third kappa shape index (κ3) is 4.59. The van der Waals surface area contributed by atoms with Gasteiger partial charge in [0.1, 0.15) is 11.5 Å². The minimum absolute atomic E-state index is 0.0282. The van der Waals surface area contributed by atoms with Crippen LogP contribution >= 0.6 is 0 Å². The highest BCUT2D eigenvalue weighted by Gasteiger charge is 2.15. The van der Waals surface area contributed by atoms with E-state index in [1.54, 1.807) is 0 Å². The van der Waals surface area contributed by atoms with Gasteiger partial charge in [0.15, 0.2) is 0 Å². The van der Waals surface area contributed by atoms with E-state index in [1.807, 2.05) is 0 Å². The van der Waals surface area contributed by atoms with Crippen LogP contribution in [0.15, 0.2) is 42.5 Å². The molecule has 0 amide bonds. The second-order valence-electron chi connectivity index (χ2n) is 4.52. The van der Waals surface area contributed by atoms with Gasteiger partial charge >= 0.3 is 17.9 Å². The van der Waals surface area contributed by atoms with Crippen LogP contribution in [0.4, 0.5) is 0 Å². The Morgan fingerprint density at radius 1 is 0.864 bits per heavy atom. The van der Waals surface area contributed by atoms with Crippen molar-refractivity contribution in [3.8, 4) is 11.5 Å². The number of hydrogen-bond acceptors (Lipinski definition) is 6. The highest BCUT2D eigenvalue weighted by molar-refractivity contribution is 5.93. The Labute approximate surface area is 128 Å². The number of carbonyl (C=O) groups is 3. The molecule has 1 aromatic rings. The van der Waals surface area contributed by atoms with E-state index >= 15 is 0 Å². The Morgan fingerprint density at radius 2 is 1.27 bits per heavy atom. The van der Waals surface area contributed by atoms with Crippen molar-refractivity contribution in [1.82, 2.24) is 0 Å². The largest absolute Gasteiger partial charge is 0.465 e. The minimum Gasteiger partial charge on any atom is -0.465 e. The van der Waals surface area contributed by atoms with Crippen LogP contribution in [0, 0.1) is 0 Å².